The molecule has 3 rings (SSSR count). The fraction of sp³-hybridized carbons (Fsp3) is 0.105. The topological polar surface area (TPSA) is 47.0 Å². The molecule has 9 heteroatoms. The van der Waals surface area contributed by atoms with Crippen molar-refractivity contribution >= 4 is 9.84 Å². The zero-order valence-corrected chi connectivity index (χ0v) is 15.1. The maximum absolute atomic E-state index is 14.2. The van der Waals surface area contributed by atoms with Crippen LogP contribution in [0.5, 0.6) is 0 Å². The fourth-order valence-electron chi connectivity index (χ4n) is 2.78. The normalized spacial score (nSPS) is 12.2. The van der Waals surface area contributed by atoms with Gasteiger partial charge in [0.25, 0.3) is 0 Å². The van der Waals surface area contributed by atoms with Crippen LogP contribution in [0.2, 0.25) is 0 Å². The number of pyridine rings is 1. The van der Waals surface area contributed by atoms with Gasteiger partial charge >= 0.3 is 6.18 Å². The van der Waals surface area contributed by atoms with Gasteiger partial charge in [-0.2, -0.15) is 13.2 Å². The highest BCUT2D eigenvalue weighted by Gasteiger charge is 2.30. The van der Waals surface area contributed by atoms with Gasteiger partial charge in [0.2, 0.25) is 0 Å². The highest BCUT2D eigenvalue weighted by Crippen LogP contribution is 2.36. The van der Waals surface area contributed by atoms with E-state index in [-0.39, 0.29) is 11.1 Å². The maximum Gasteiger partial charge on any atom is 0.416 e. The van der Waals surface area contributed by atoms with E-state index in [1.54, 1.807) is 0 Å². The fourth-order valence-corrected chi connectivity index (χ4v) is 3.61. The van der Waals surface area contributed by atoms with Crippen LogP contribution in [0.15, 0.2) is 59.8 Å². The van der Waals surface area contributed by atoms with E-state index in [1.807, 2.05) is 0 Å². The van der Waals surface area contributed by atoms with Crippen LogP contribution in [-0.4, -0.2) is 19.7 Å². The number of benzene rings is 2. The molecule has 3 nitrogen and oxygen atoms in total. The van der Waals surface area contributed by atoms with E-state index in [0.29, 0.717) is 17.4 Å². The average Bonchev–Trinajstić information content (AvgIpc) is 2.59. The van der Waals surface area contributed by atoms with Crippen LogP contribution >= 0.6 is 0 Å². The molecule has 0 aliphatic heterocycles. The molecule has 1 aromatic heterocycles. The number of hydrogen-bond acceptors (Lipinski definition) is 3. The number of alkyl halides is 3. The molecule has 0 aliphatic carbocycles. The first-order valence-electron chi connectivity index (χ1n) is 7.79. The summed E-state index contributed by atoms with van der Waals surface area (Å²) in [5.41, 5.74) is 0.167. The van der Waals surface area contributed by atoms with Gasteiger partial charge in [0.05, 0.1) is 5.56 Å². The zero-order chi connectivity index (χ0) is 20.7. The van der Waals surface area contributed by atoms with Crippen molar-refractivity contribution in [3.63, 3.8) is 0 Å². The number of hydrogen-bond donors (Lipinski definition) is 0. The van der Waals surface area contributed by atoms with Gasteiger partial charge in [-0.15, -0.1) is 0 Å². The lowest BCUT2D eigenvalue weighted by molar-refractivity contribution is -0.137. The monoisotopic (exact) mass is 413 g/mol. The molecule has 0 atom stereocenters. The Kier molecular flexibility index (Phi) is 4.97. The second kappa shape index (κ2) is 6.97. The van der Waals surface area contributed by atoms with E-state index in [1.165, 1.54) is 30.6 Å². The van der Waals surface area contributed by atoms with Crippen LogP contribution in [0.25, 0.3) is 22.3 Å². The first-order chi connectivity index (χ1) is 13.0. The van der Waals surface area contributed by atoms with E-state index >= 15 is 0 Å². The van der Waals surface area contributed by atoms with Crippen molar-refractivity contribution in [1.82, 2.24) is 4.98 Å². The van der Waals surface area contributed by atoms with Crippen molar-refractivity contribution in [2.75, 3.05) is 6.26 Å². The first-order valence-corrected chi connectivity index (χ1v) is 9.69. The van der Waals surface area contributed by atoms with Crippen LogP contribution in [0.4, 0.5) is 22.0 Å². The quantitative estimate of drug-likeness (QED) is 0.561. The summed E-state index contributed by atoms with van der Waals surface area (Å²) in [6.45, 7) is 0. The lowest BCUT2D eigenvalue weighted by Gasteiger charge is -2.13. The summed E-state index contributed by atoms with van der Waals surface area (Å²) in [7, 11) is -4.12. The van der Waals surface area contributed by atoms with Gasteiger partial charge in [0.1, 0.15) is 16.5 Å². The SMILES string of the molecule is CS(=O)(=O)c1c(F)cc(-c2cnccc2-c2ccc(C(F)(F)F)cc2)cc1F. The summed E-state index contributed by atoms with van der Waals surface area (Å²) in [6.07, 6.45) is -1.13. The summed E-state index contributed by atoms with van der Waals surface area (Å²) < 4.78 is 89.8. The predicted molar refractivity (Wildman–Crippen MR) is 93.1 cm³/mol. The molecule has 3 aromatic rings. The standard InChI is InChI=1S/C19H12F5NO2S/c1-28(26,27)18-16(20)8-12(9-17(18)21)15-10-25-7-6-14(15)11-2-4-13(5-3-11)19(22,23)24/h2-10H,1H3. The van der Waals surface area contributed by atoms with E-state index < -0.39 is 38.1 Å². The molecule has 0 unspecified atom stereocenters. The Morgan fingerprint density at radius 3 is 1.93 bits per heavy atom. The number of sulfone groups is 1. The number of halogens is 5. The molecule has 0 radical (unpaired) electrons. The van der Waals surface area contributed by atoms with Crippen molar-refractivity contribution in [1.29, 1.82) is 0 Å². The van der Waals surface area contributed by atoms with E-state index in [4.69, 9.17) is 0 Å². The van der Waals surface area contributed by atoms with Gasteiger partial charge in [0, 0.05) is 24.2 Å². The Morgan fingerprint density at radius 2 is 1.43 bits per heavy atom. The summed E-state index contributed by atoms with van der Waals surface area (Å²) in [5.74, 6) is -2.53. The van der Waals surface area contributed by atoms with Crippen LogP contribution in [-0.2, 0) is 16.0 Å². The van der Waals surface area contributed by atoms with Gasteiger partial charge < -0.3 is 0 Å². The molecule has 0 fully saturated rings. The maximum atomic E-state index is 14.2. The number of rotatable bonds is 3. The van der Waals surface area contributed by atoms with Gasteiger partial charge in [-0.05, 0) is 47.0 Å². The summed E-state index contributed by atoms with van der Waals surface area (Å²) in [6, 6.07) is 7.45. The third-order valence-corrected chi connectivity index (χ3v) is 5.16. The Labute approximate surface area is 157 Å². The predicted octanol–water partition coefficient (Wildman–Crippen LogP) is 5.12. The van der Waals surface area contributed by atoms with Crippen molar-refractivity contribution in [2.24, 2.45) is 0 Å². The molecule has 1 heterocycles. The van der Waals surface area contributed by atoms with Gasteiger partial charge in [0.15, 0.2) is 9.84 Å². The van der Waals surface area contributed by atoms with Crippen molar-refractivity contribution in [3.05, 3.63) is 72.1 Å². The Balaban J connectivity index is 2.14. The van der Waals surface area contributed by atoms with Crippen molar-refractivity contribution < 1.29 is 30.4 Å². The molecular formula is C19H12F5NO2S. The Bertz CT molecular complexity index is 1120. The molecule has 0 bridgehead atoms. The third-order valence-electron chi connectivity index (χ3n) is 4.02. The molecular weight excluding hydrogens is 401 g/mol. The summed E-state index contributed by atoms with van der Waals surface area (Å²) in [5, 5.41) is 0. The highest BCUT2D eigenvalue weighted by atomic mass is 32.2. The summed E-state index contributed by atoms with van der Waals surface area (Å²) in [4.78, 5) is 2.85. The second-order valence-electron chi connectivity index (χ2n) is 6.04. The molecule has 0 saturated heterocycles. The summed E-state index contributed by atoms with van der Waals surface area (Å²) >= 11 is 0. The lowest BCUT2D eigenvalue weighted by atomic mass is 9.95. The van der Waals surface area contributed by atoms with Gasteiger partial charge in [-0.3, -0.25) is 4.98 Å². The molecule has 146 valence electrons. The van der Waals surface area contributed by atoms with Crippen molar-refractivity contribution in [3.8, 4) is 22.3 Å². The van der Waals surface area contributed by atoms with Gasteiger partial charge in [-0.1, -0.05) is 12.1 Å². The Hall–Kier alpha value is -2.81. The second-order valence-corrected chi connectivity index (χ2v) is 7.99. The molecule has 0 saturated carbocycles. The molecule has 0 spiro atoms. The molecule has 2 aromatic carbocycles. The minimum Gasteiger partial charge on any atom is -0.264 e. The number of nitrogens with zero attached hydrogens (tertiary/aromatic N) is 1. The largest absolute Gasteiger partial charge is 0.416 e. The van der Waals surface area contributed by atoms with Crippen molar-refractivity contribution in [2.45, 2.75) is 11.1 Å². The highest BCUT2D eigenvalue weighted by molar-refractivity contribution is 7.90. The number of aromatic nitrogens is 1. The van der Waals surface area contributed by atoms with Gasteiger partial charge in [-0.25, -0.2) is 17.2 Å². The van der Waals surface area contributed by atoms with Crippen LogP contribution in [0, 0.1) is 11.6 Å². The minimum absolute atomic E-state index is 0.00500. The first kappa shape index (κ1) is 19.9. The van der Waals surface area contributed by atoms with E-state index in [2.05, 4.69) is 4.98 Å². The zero-order valence-electron chi connectivity index (χ0n) is 14.3. The molecule has 28 heavy (non-hydrogen) atoms. The molecule has 0 aliphatic rings. The van der Waals surface area contributed by atoms with Crippen LogP contribution < -0.4 is 0 Å². The smallest absolute Gasteiger partial charge is 0.264 e. The lowest BCUT2D eigenvalue weighted by Crippen LogP contribution is -2.05. The van der Waals surface area contributed by atoms with E-state index in [9.17, 15) is 30.4 Å². The van der Waals surface area contributed by atoms with Crippen LogP contribution in [0.3, 0.4) is 0 Å². The Morgan fingerprint density at radius 1 is 0.857 bits per heavy atom. The average molecular weight is 413 g/mol. The molecule has 0 N–H and O–H groups in total. The minimum atomic E-state index is -4.49. The molecule has 0 amide bonds. The van der Waals surface area contributed by atoms with Crippen LogP contribution in [0.1, 0.15) is 5.56 Å². The van der Waals surface area contributed by atoms with E-state index in [0.717, 1.165) is 24.3 Å². The third kappa shape index (κ3) is 3.89.